The van der Waals surface area contributed by atoms with Crippen LogP contribution in [0.1, 0.15) is 47.5 Å². The predicted octanol–water partition coefficient (Wildman–Crippen LogP) is 5.52. The molecule has 2 atom stereocenters. The van der Waals surface area contributed by atoms with E-state index in [-0.39, 0.29) is 23.7 Å². The zero-order chi connectivity index (χ0) is 30.6. The molecule has 0 radical (unpaired) electrons. The summed E-state index contributed by atoms with van der Waals surface area (Å²) in [7, 11) is 3.65. The predicted molar refractivity (Wildman–Crippen MR) is 172 cm³/mol. The summed E-state index contributed by atoms with van der Waals surface area (Å²) in [6.07, 6.45) is 1.63. The Morgan fingerprint density at radius 1 is 0.818 bits per heavy atom. The molecule has 0 spiro atoms. The quantitative estimate of drug-likeness (QED) is 0.244. The minimum Gasteiger partial charge on any atom is -0.344 e. The molecule has 1 aliphatic rings. The van der Waals surface area contributed by atoms with E-state index >= 15 is 0 Å². The van der Waals surface area contributed by atoms with Gasteiger partial charge in [0.25, 0.3) is 0 Å². The highest BCUT2D eigenvalue weighted by molar-refractivity contribution is 5.89. The second-order valence-electron chi connectivity index (χ2n) is 12.0. The van der Waals surface area contributed by atoms with Crippen LogP contribution in [-0.2, 0) is 9.59 Å². The second kappa shape index (κ2) is 13.0. The summed E-state index contributed by atoms with van der Waals surface area (Å²) in [5, 5.41) is 11.8. The van der Waals surface area contributed by atoms with Crippen LogP contribution in [0.3, 0.4) is 0 Å². The van der Waals surface area contributed by atoms with E-state index in [1.807, 2.05) is 44.4 Å². The van der Waals surface area contributed by atoms with Crippen molar-refractivity contribution in [3.8, 4) is 0 Å². The van der Waals surface area contributed by atoms with E-state index in [0.717, 1.165) is 58.6 Å². The van der Waals surface area contributed by atoms with Gasteiger partial charge in [-0.1, -0.05) is 90.1 Å². The maximum Gasteiger partial charge on any atom is 0.235 e. The van der Waals surface area contributed by atoms with Crippen LogP contribution >= 0.6 is 0 Å². The molecule has 1 fully saturated rings. The molecule has 2 heterocycles. The summed E-state index contributed by atoms with van der Waals surface area (Å²) in [6.45, 7) is 4.11. The number of likely N-dealkylation sites (N-methyl/N-ethyl adjacent to an activating group) is 2. The lowest BCUT2D eigenvalue weighted by Gasteiger charge is -2.32. The van der Waals surface area contributed by atoms with Gasteiger partial charge in [-0.15, -0.1) is 0 Å². The van der Waals surface area contributed by atoms with Crippen LogP contribution in [-0.4, -0.2) is 72.0 Å². The number of benzene rings is 4. The normalized spacial score (nSPS) is 15.2. The lowest BCUT2D eigenvalue weighted by atomic mass is 9.91. The number of nitrogens with one attached hydrogen (secondary N) is 1. The molecule has 44 heavy (non-hydrogen) atoms. The molecule has 5 aromatic rings. The molecule has 8 heteroatoms. The number of nitrogens with zero attached hydrogens (tertiary/aromatic N) is 4. The highest BCUT2D eigenvalue weighted by atomic mass is 16.5. The largest absolute Gasteiger partial charge is 0.344 e. The van der Waals surface area contributed by atoms with Crippen molar-refractivity contribution in [2.24, 2.45) is 5.92 Å². The van der Waals surface area contributed by atoms with Gasteiger partial charge in [-0.3, -0.25) is 9.59 Å². The maximum absolute atomic E-state index is 14.4. The van der Waals surface area contributed by atoms with E-state index in [4.69, 9.17) is 4.52 Å². The number of amides is 2. The Morgan fingerprint density at radius 2 is 1.41 bits per heavy atom. The number of rotatable bonds is 9. The standard InChI is InChI=1S/C36H39N5O3/c1-24-38-34(44-39-24)32(30-14-12-25-8-4-6-10-28(25)20-30)22-41(3)36(43)33(23-40(2)35(42)27-16-18-37-19-17-27)31-15-13-26-9-5-7-11-29(26)21-31/h4-15,20-21,27,32-33,37H,16-19,22-23H2,1-3H3. The number of hydrogen-bond acceptors (Lipinski definition) is 6. The number of fused-ring (bicyclic) bond motifs is 2. The molecule has 1 saturated heterocycles. The molecule has 2 amide bonds. The second-order valence-corrected chi connectivity index (χ2v) is 12.0. The molecular weight excluding hydrogens is 550 g/mol. The average molecular weight is 590 g/mol. The van der Waals surface area contributed by atoms with Gasteiger partial charge >= 0.3 is 0 Å². The van der Waals surface area contributed by atoms with E-state index < -0.39 is 5.92 Å². The maximum atomic E-state index is 14.4. The van der Waals surface area contributed by atoms with Gasteiger partial charge in [0.1, 0.15) is 0 Å². The van der Waals surface area contributed by atoms with E-state index in [2.05, 4.69) is 70.1 Å². The summed E-state index contributed by atoms with van der Waals surface area (Å²) in [6, 6.07) is 28.8. The van der Waals surface area contributed by atoms with Crippen LogP contribution in [0.25, 0.3) is 21.5 Å². The lowest BCUT2D eigenvalue weighted by Crippen LogP contribution is -2.44. The van der Waals surface area contributed by atoms with Gasteiger partial charge in [0.15, 0.2) is 5.82 Å². The Kier molecular flexibility index (Phi) is 8.70. The molecule has 1 aliphatic heterocycles. The van der Waals surface area contributed by atoms with Gasteiger partial charge in [0, 0.05) is 33.1 Å². The third-order valence-corrected chi connectivity index (χ3v) is 8.84. The van der Waals surface area contributed by atoms with Crippen molar-refractivity contribution in [3.63, 3.8) is 0 Å². The molecule has 0 saturated carbocycles. The van der Waals surface area contributed by atoms with E-state index in [1.54, 1.807) is 16.7 Å². The number of carbonyl (C=O) groups excluding carboxylic acids is 2. The highest BCUT2D eigenvalue weighted by Crippen LogP contribution is 2.30. The molecule has 6 rings (SSSR count). The first kappa shape index (κ1) is 29.5. The molecule has 2 unspecified atom stereocenters. The van der Waals surface area contributed by atoms with Crippen molar-refractivity contribution in [1.29, 1.82) is 0 Å². The van der Waals surface area contributed by atoms with Gasteiger partial charge in [0.2, 0.25) is 17.7 Å². The van der Waals surface area contributed by atoms with Crippen LogP contribution < -0.4 is 5.32 Å². The van der Waals surface area contributed by atoms with E-state index in [1.165, 1.54) is 0 Å². The van der Waals surface area contributed by atoms with Gasteiger partial charge in [-0.05, 0) is 65.5 Å². The van der Waals surface area contributed by atoms with Crippen LogP contribution in [0.5, 0.6) is 0 Å². The van der Waals surface area contributed by atoms with Crippen molar-refractivity contribution in [2.45, 2.75) is 31.6 Å². The highest BCUT2D eigenvalue weighted by Gasteiger charge is 2.32. The Labute approximate surface area is 258 Å². The van der Waals surface area contributed by atoms with Crippen molar-refractivity contribution in [1.82, 2.24) is 25.3 Å². The molecular formula is C36H39N5O3. The van der Waals surface area contributed by atoms with Gasteiger partial charge in [0.05, 0.1) is 11.8 Å². The van der Waals surface area contributed by atoms with Crippen LogP contribution in [0, 0.1) is 12.8 Å². The van der Waals surface area contributed by atoms with Crippen molar-refractivity contribution in [2.75, 3.05) is 40.3 Å². The minimum atomic E-state index is -0.540. The topological polar surface area (TPSA) is 91.6 Å². The Balaban J connectivity index is 1.31. The van der Waals surface area contributed by atoms with E-state index in [9.17, 15) is 9.59 Å². The van der Waals surface area contributed by atoms with Crippen LogP contribution in [0.4, 0.5) is 0 Å². The molecule has 0 aliphatic carbocycles. The van der Waals surface area contributed by atoms with Gasteiger partial charge in [-0.2, -0.15) is 4.98 Å². The van der Waals surface area contributed by atoms with Crippen LogP contribution in [0.2, 0.25) is 0 Å². The smallest absolute Gasteiger partial charge is 0.235 e. The Bertz CT molecular complexity index is 1780. The first-order valence-corrected chi connectivity index (χ1v) is 15.4. The number of aryl methyl sites for hydroxylation is 1. The summed E-state index contributed by atoms with van der Waals surface area (Å²) in [5.41, 5.74) is 1.88. The summed E-state index contributed by atoms with van der Waals surface area (Å²) in [5.74, 6) is 0.174. The first-order chi connectivity index (χ1) is 21.4. The first-order valence-electron chi connectivity index (χ1n) is 15.4. The number of piperidine rings is 1. The van der Waals surface area contributed by atoms with Gasteiger partial charge in [-0.25, -0.2) is 0 Å². The number of hydrogen-bond donors (Lipinski definition) is 1. The SMILES string of the molecule is Cc1noc(C(CN(C)C(=O)C(CN(C)C(=O)C2CCNCC2)c2ccc3ccccc3c2)c2ccc3ccccc3c2)n1. The molecule has 1 N–H and O–H groups in total. The number of aromatic nitrogens is 2. The Morgan fingerprint density at radius 3 is 2.02 bits per heavy atom. The third kappa shape index (κ3) is 6.36. The fourth-order valence-corrected chi connectivity index (χ4v) is 6.33. The molecule has 8 nitrogen and oxygen atoms in total. The fourth-order valence-electron chi connectivity index (χ4n) is 6.33. The van der Waals surface area contributed by atoms with Crippen molar-refractivity contribution < 1.29 is 14.1 Å². The Hall–Kier alpha value is -4.56. The molecule has 0 bridgehead atoms. The molecule has 226 valence electrons. The monoisotopic (exact) mass is 589 g/mol. The van der Waals surface area contributed by atoms with E-state index in [0.29, 0.717) is 24.8 Å². The number of carbonyl (C=O) groups is 2. The molecule has 4 aromatic carbocycles. The third-order valence-electron chi connectivity index (χ3n) is 8.84. The summed E-state index contributed by atoms with van der Waals surface area (Å²) in [4.78, 5) is 36.0. The zero-order valence-electron chi connectivity index (χ0n) is 25.6. The van der Waals surface area contributed by atoms with Crippen molar-refractivity contribution in [3.05, 3.63) is 108 Å². The summed E-state index contributed by atoms with van der Waals surface area (Å²) < 4.78 is 5.67. The van der Waals surface area contributed by atoms with Crippen LogP contribution in [0.15, 0.2) is 89.5 Å². The zero-order valence-corrected chi connectivity index (χ0v) is 25.6. The average Bonchev–Trinajstić information content (AvgIpc) is 3.50. The summed E-state index contributed by atoms with van der Waals surface area (Å²) >= 11 is 0. The minimum absolute atomic E-state index is 0.0237. The van der Waals surface area contributed by atoms with Gasteiger partial charge < -0.3 is 19.6 Å². The van der Waals surface area contributed by atoms with Crippen molar-refractivity contribution >= 4 is 33.4 Å². The fraction of sp³-hybridized carbons (Fsp3) is 0.333. The molecule has 1 aromatic heterocycles. The lowest BCUT2D eigenvalue weighted by molar-refractivity contribution is -0.137.